The lowest BCUT2D eigenvalue weighted by Gasteiger charge is -2.20. The molecule has 1 atom stereocenters. The number of nitrogens with one attached hydrogen (secondary N) is 2. The lowest BCUT2D eigenvalue weighted by atomic mass is 10.2. The predicted octanol–water partition coefficient (Wildman–Crippen LogP) is 3.55. The second kappa shape index (κ2) is 10.1. The Kier molecular flexibility index (Phi) is 8.08. The summed E-state index contributed by atoms with van der Waals surface area (Å²) >= 11 is 3.48. The number of aromatic nitrogens is 1. The van der Waals surface area contributed by atoms with E-state index in [1.165, 1.54) is 11.6 Å². The largest absolute Gasteiger partial charge is 0.352 e. The minimum absolute atomic E-state index is 0. The summed E-state index contributed by atoms with van der Waals surface area (Å²) in [6, 6.07) is 11.4. The number of rotatable bonds is 4. The Labute approximate surface area is 178 Å². The number of anilines is 1. The van der Waals surface area contributed by atoms with Crippen molar-refractivity contribution in [2.24, 2.45) is 4.99 Å². The van der Waals surface area contributed by atoms with Gasteiger partial charge >= 0.3 is 0 Å². The number of guanidine groups is 1. The molecule has 1 aliphatic rings. The minimum Gasteiger partial charge on any atom is -0.352 e. The maximum absolute atomic E-state index is 13.9. The summed E-state index contributed by atoms with van der Waals surface area (Å²) < 4.78 is 14.9. The number of pyridine rings is 1. The Morgan fingerprint density at radius 1 is 1.38 bits per heavy atom. The average molecular weight is 534 g/mol. The third-order valence-electron chi connectivity index (χ3n) is 4.14. The van der Waals surface area contributed by atoms with Crippen LogP contribution in [0.25, 0.3) is 0 Å². The third-order valence-corrected chi connectivity index (χ3v) is 4.63. The molecule has 0 aliphatic carbocycles. The summed E-state index contributed by atoms with van der Waals surface area (Å²) in [5.41, 5.74) is 1.17. The zero-order chi connectivity index (χ0) is 17.6. The summed E-state index contributed by atoms with van der Waals surface area (Å²) in [5.74, 6) is 0.887. The summed E-state index contributed by atoms with van der Waals surface area (Å²) in [6.07, 6.45) is 2.53. The lowest BCUT2D eigenvalue weighted by Crippen LogP contribution is -2.44. The van der Waals surface area contributed by atoms with Gasteiger partial charge in [0.2, 0.25) is 0 Å². The normalized spacial score (nSPS) is 17.0. The Morgan fingerprint density at radius 2 is 2.23 bits per heavy atom. The molecule has 26 heavy (non-hydrogen) atoms. The van der Waals surface area contributed by atoms with Gasteiger partial charge < -0.3 is 15.5 Å². The molecule has 0 radical (unpaired) electrons. The molecular formula is C18H22BrFIN5. The molecule has 1 fully saturated rings. The molecule has 1 unspecified atom stereocenters. The van der Waals surface area contributed by atoms with Gasteiger partial charge in [0.25, 0.3) is 0 Å². The van der Waals surface area contributed by atoms with E-state index < -0.39 is 0 Å². The quantitative estimate of drug-likeness (QED) is 0.358. The van der Waals surface area contributed by atoms with Crippen molar-refractivity contribution in [3.05, 3.63) is 58.4 Å². The predicted molar refractivity (Wildman–Crippen MR) is 118 cm³/mol. The minimum atomic E-state index is -0.277. The van der Waals surface area contributed by atoms with E-state index >= 15 is 0 Å². The molecule has 0 amide bonds. The fourth-order valence-electron chi connectivity index (χ4n) is 2.90. The monoisotopic (exact) mass is 533 g/mol. The van der Waals surface area contributed by atoms with E-state index in [1.807, 2.05) is 17.0 Å². The molecule has 3 rings (SSSR count). The number of hydrogen-bond acceptors (Lipinski definition) is 3. The van der Waals surface area contributed by atoms with Crippen molar-refractivity contribution in [2.45, 2.75) is 19.0 Å². The highest BCUT2D eigenvalue weighted by atomic mass is 127. The molecule has 0 saturated carbocycles. The van der Waals surface area contributed by atoms with E-state index in [0.29, 0.717) is 18.9 Å². The Bertz CT molecular complexity index is 758. The first-order chi connectivity index (χ1) is 12.2. The van der Waals surface area contributed by atoms with Crippen molar-refractivity contribution in [3.8, 4) is 0 Å². The highest BCUT2D eigenvalue weighted by Gasteiger charge is 2.25. The molecule has 1 aromatic carbocycles. The van der Waals surface area contributed by atoms with Crippen LogP contribution in [-0.4, -0.2) is 37.1 Å². The van der Waals surface area contributed by atoms with E-state index in [1.54, 1.807) is 19.3 Å². The first-order valence-electron chi connectivity index (χ1n) is 8.23. The molecule has 1 aromatic heterocycles. The van der Waals surface area contributed by atoms with E-state index in [9.17, 15) is 4.39 Å². The maximum Gasteiger partial charge on any atom is 0.191 e. The molecule has 0 spiro atoms. The molecule has 140 valence electrons. The standard InChI is InChI=1S/C18H21BrFN5.HI/c1-21-18(23-11-13-4-2-5-14(19)10-13)24-15-7-9-25(12-15)17-16(20)6-3-8-22-17;/h2-6,8,10,15H,7,9,11-12H2,1H3,(H2,21,23,24);1H. The number of aliphatic imine (C=N–C) groups is 1. The first-order valence-corrected chi connectivity index (χ1v) is 9.02. The smallest absolute Gasteiger partial charge is 0.191 e. The zero-order valence-electron chi connectivity index (χ0n) is 14.5. The van der Waals surface area contributed by atoms with E-state index in [2.05, 4.69) is 48.7 Å². The number of hydrogen-bond donors (Lipinski definition) is 2. The highest BCUT2D eigenvalue weighted by molar-refractivity contribution is 14.0. The SMILES string of the molecule is CN=C(NCc1cccc(Br)c1)NC1CCN(c2ncccc2F)C1.I. The fourth-order valence-corrected chi connectivity index (χ4v) is 3.35. The van der Waals surface area contributed by atoms with Crippen LogP contribution < -0.4 is 15.5 Å². The van der Waals surface area contributed by atoms with Crippen LogP contribution in [0.3, 0.4) is 0 Å². The molecular weight excluding hydrogens is 512 g/mol. The molecule has 5 nitrogen and oxygen atoms in total. The van der Waals surface area contributed by atoms with Gasteiger partial charge in [-0.1, -0.05) is 28.1 Å². The van der Waals surface area contributed by atoms with Gasteiger partial charge in [0.05, 0.1) is 0 Å². The Balaban J connectivity index is 0.00000243. The van der Waals surface area contributed by atoms with Gasteiger partial charge in [0, 0.05) is 43.4 Å². The van der Waals surface area contributed by atoms with Gasteiger partial charge in [-0.15, -0.1) is 24.0 Å². The van der Waals surface area contributed by atoms with Gasteiger partial charge in [0.15, 0.2) is 17.6 Å². The van der Waals surface area contributed by atoms with E-state index in [-0.39, 0.29) is 35.8 Å². The van der Waals surface area contributed by atoms with Crippen LogP contribution in [0, 0.1) is 5.82 Å². The van der Waals surface area contributed by atoms with Crippen molar-refractivity contribution in [1.82, 2.24) is 15.6 Å². The Hall–Kier alpha value is -1.42. The maximum atomic E-state index is 13.9. The van der Waals surface area contributed by atoms with Crippen LogP contribution >= 0.6 is 39.9 Å². The van der Waals surface area contributed by atoms with Crippen LogP contribution in [0.1, 0.15) is 12.0 Å². The molecule has 8 heteroatoms. The van der Waals surface area contributed by atoms with Crippen molar-refractivity contribution in [1.29, 1.82) is 0 Å². The number of benzene rings is 1. The van der Waals surface area contributed by atoms with Crippen molar-refractivity contribution in [2.75, 3.05) is 25.0 Å². The zero-order valence-corrected chi connectivity index (χ0v) is 18.4. The van der Waals surface area contributed by atoms with Crippen LogP contribution in [0.15, 0.2) is 52.1 Å². The molecule has 1 aliphatic heterocycles. The van der Waals surface area contributed by atoms with Crippen LogP contribution in [0.2, 0.25) is 0 Å². The van der Waals surface area contributed by atoms with Crippen LogP contribution in [0.5, 0.6) is 0 Å². The Morgan fingerprint density at radius 3 is 2.96 bits per heavy atom. The average Bonchev–Trinajstić information content (AvgIpc) is 3.07. The van der Waals surface area contributed by atoms with Crippen molar-refractivity contribution in [3.63, 3.8) is 0 Å². The molecule has 0 bridgehead atoms. The second-order valence-corrected chi connectivity index (χ2v) is 6.86. The van der Waals surface area contributed by atoms with Crippen LogP contribution in [0.4, 0.5) is 10.2 Å². The van der Waals surface area contributed by atoms with Gasteiger partial charge in [-0.25, -0.2) is 9.37 Å². The summed E-state index contributed by atoms with van der Waals surface area (Å²) in [4.78, 5) is 10.4. The summed E-state index contributed by atoms with van der Waals surface area (Å²) in [7, 11) is 1.75. The first kappa shape index (κ1) is 20.9. The fraction of sp³-hybridized carbons (Fsp3) is 0.333. The second-order valence-electron chi connectivity index (χ2n) is 5.94. The van der Waals surface area contributed by atoms with E-state index in [4.69, 9.17) is 0 Å². The highest BCUT2D eigenvalue weighted by Crippen LogP contribution is 2.20. The molecule has 2 heterocycles. The van der Waals surface area contributed by atoms with Gasteiger partial charge in [-0.2, -0.15) is 0 Å². The summed E-state index contributed by atoms with van der Waals surface area (Å²) in [5, 5.41) is 6.72. The summed E-state index contributed by atoms with van der Waals surface area (Å²) in [6.45, 7) is 2.16. The lowest BCUT2D eigenvalue weighted by molar-refractivity contribution is 0.612. The van der Waals surface area contributed by atoms with Gasteiger partial charge in [0.1, 0.15) is 0 Å². The topological polar surface area (TPSA) is 52.6 Å². The third kappa shape index (κ3) is 5.54. The number of halogens is 3. The molecule has 2 aromatic rings. The molecule has 1 saturated heterocycles. The van der Waals surface area contributed by atoms with Gasteiger partial charge in [-0.3, -0.25) is 4.99 Å². The van der Waals surface area contributed by atoms with Crippen LogP contribution in [-0.2, 0) is 6.54 Å². The number of nitrogens with zero attached hydrogens (tertiary/aromatic N) is 3. The van der Waals surface area contributed by atoms with Crippen molar-refractivity contribution < 1.29 is 4.39 Å². The van der Waals surface area contributed by atoms with Gasteiger partial charge in [-0.05, 0) is 36.2 Å². The van der Waals surface area contributed by atoms with Crippen molar-refractivity contribution >= 4 is 51.7 Å². The molecule has 2 N–H and O–H groups in total. The van der Waals surface area contributed by atoms with E-state index in [0.717, 1.165) is 23.4 Å².